The Hall–Kier alpha value is -2.23. The molecular weight excluding hydrogens is 283 g/mol. The molecule has 0 unspecified atom stereocenters. The molecule has 0 saturated heterocycles. The lowest BCUT2D eigenvalue weighted by atomic mass is 9.95. The van der Waals surface area contributed by atoms with Crippen molar-refractivity contribution in [2.75, 3.05) is 21.3 Å². The van der Waals surface area contributed by atoms with E-state index in [1.807, 2.05) is 18.2 Å². The van der Waals surface area contributed by atoms with Crippen LogP contribution in [0, 0.1) is 5.82 Å². The average molecular weight is 302 g/mol. The minimum atomic E-state index is -0.123. The molecule has 0 N–H and O–H groups in total. The molecule has 4 heteroatoms. The number of benzene rings is 2. The van der Waals surface area contributed by atoms with Gasteiger partial charge in [0.05, 0.1) is 26.9 Å². The van der Waals surface area contributed by atoms with E-state index in [9.17, 15) is 4.39 Å². The SMILES string of the molecule is COc1cc(OC)c(-c2ccc(F)c3c2CCC3)c(OC)c1. The first-order chi connectivity index (χ1) is 10.7. The maximum atomic E-state index is 14.0. The summed E-state index contributed by atoms with van der Waals surface area (Å²) in [6.07, 6.45) is 2.64. The summed E-state index contributed by atoms with van der Waals surface area (Å²) in [7, 11) is 4.83. The van der Waals surface area contributed by atoms with Crippen molar-refractivity contribution in [3.8, 4) is 28.4 Å². The minimum absolute atomic E-state index is 0.123. The van der Waals surface area contributed by atoms with Crippen LogP contribution in [0.3, 0.4) is 0 Å². The van der Waals surface area contributed by atoms with E-state index >= 15 is 0 Å². The van der Waals surface area contributed by atoms with Crippen molar-refractivity contribution in [1.82, 2.24) is 0 Å². The van der Waals surface area contributed by atoms with Gasteiger partial charge in [-0.25, -0.2) is 4.39 Å². The Balaban J connectivity index is 2.27. The Morgan fingerprint density at radius 3 is 2.09 bits per heavy atom. The summed E-state index contributed by atoms with van der Waals surface area (Å²) >= 11 is 0. The third-order valence-electron chi connectivity index (χ3n) is 4.21. The summed E-state index contributed by atoms with van der Waals surface area (Å²) in [4.78, 5) is 0. The lowest BCUT2D eigenvalue weighted by Gasteiger charge is -2.18. The van der Waals surface area contributed by atoms with Crippen LogP contribution < -0.4 is 14.2 Å². The Morgan fingerprint density at radius 1 is 0.864 bits per heavy atom. The lowest BCUT2D eigenvalue weighted by molar-refractivity contribution is 0.377. The summed E-state index contributed by atoms with van der Waals surface area (Å²) in [5.74, 6) is 1.87. The monoisotopic (exact) mass is 302 g/mol. The number of ether oxygens (including phenoxy) is 3. The molecule has 0 radical (unpaired) electrons. The molecule has 3 nitrogen and oxygen atoms in total. The van der Waals surface area contributed by atoms with Gasteiger partial charge in [-0.1, -0.05) is 6.07 Å². The van der Waals surface area contributed by atoms with Gasteiger partial charge in [0.15, 0.2) is 0 Å². The van der Waals surface area contributed by atoms with Crippen LogP contribution in [0.1, 0.15) is 17.5 Å². The third-order valence-corrected chi connectivity index (χ3v) is 4.21. The van der Waals surface area contributed by atoms with Crippen molar-refractivity contribution < 1.29 is 18.6 Å². The predicted octanol–water partition coefficient (Wildman–Crippen LogP) is 4.01. The smallest absolute Gasteiger partial charge is 0.134 e. The van der Waals surface area contributed by atoms with Crippen LogP contribution in [0.25, 0.3) is 11.1 Å². The maximum Gasteiger partial charge on any atom is 0.134 e. The first kappa shape index (κ1) is 14.7. The number of fused-ring (bicyclic) bond motifs is 1. The molecule has 22 heavy (non-hydrogen) atoms. The van der Waals surface area contributed by atoms with Gasteiger partial charge in [0.2, 0.25) is 0 Å². The van der Waals surface area contributed by atoms with Gasteiger partial charge in [0.1, 0.15) is 23.1 Å². The number of rotatable bonds is 4. The van der Waals surface area contributed by atoms with Crippen LogP contribution in [0.2, 0.25) is 0 Å². The Kier molecular flexibility index (Phi) is 3.92. The van der Waals surface area contributed by atoms with Crippen LogP contribution in [0.15, 0.2) is 24.3 Å². The van der Waals surface area contributed by atoms with Gasteiger partial charge in [-0.15, -0.1) is 0 Å². The maximum absolute atomic E-state index is 14.0. The Labute approximate surface area is 129 Å². The number of hydrogen-bond donors (Lipinski definition) is 0. The largest absolute Gasteiger partial charge is 0.496 e. The fourth-order valence-electron chi connectivity index (χ4n) is 3.17. The third kappa shape index (κ3) is 2.28. The molecule has 116 valence electrons. The molecule has 0 saturated carbocycles. The molecule has 3 rings (SSSR count). The molecule has 0 aliphatic heterocycles. The summed E-state index contributed by atoms with van der Waals surface area (Å²) in [6.45, 7) is 0. The second kappa shape index (κ2) is 5.87. The van der Waals surface area contributed by atoms with E-state index in [0.29, 0.717) is 17.2 Å². The van der Waals surface area contributed by atoms with Gasteiger partial charge in [-0.3, -0.25) is 0 Å². The van der Waals surface area contributed by atoms with Crippen LogP contribution in [0.5, 0.6) is 17.2 Å². The molecule has 1 aliphatic rings. The molecule has 2 aromatic rings. The molecule has 0 fully saturated rings. The van der Waals surface area contributed by atoms with Crippen molar-refractivity contribution in [2.24, 2.45) is 0 Å². The minimum Gasteiger partial charge on any atom is -0.496 e. The summed E-state index contributed by atoms with van der Waals surface area (Å²) in [5.41, 5.74) is 3.70. The van der Waals surface area contributed by atoms with Crippen molar-refractivity contribution in [1.29, 1.82) is 0 Å². The van der Waals surface area contributed by atoms with Crippen LogP contribution in [-0.4, -0.2) is 21.3 Å². The fraction of sp³-hybridized carbons (Fsp3) is 0.333. The Bertz CT molecular complexity index is 685. The second-order valence-corrected chi connectivity index (χ2v) is 5.31. The van der Waals surface area contributed by atoms with E-state index in [0.717, 1.165) is 41.5 Å². The van der Waals surface area contributed by atoms with Crippen molar-refractivity contribution in [3.63, 3.8) is 0 Å². The quantitative estimate of drug-likeness (QED) is 0.854. The van der Waals surface area contributed by atoms with Crippen molar-refractivity contribution in [3.05, 3.63) is 41.2 Å². The van der Waals surface area contributed by atoms with Gasteiger partial charge in [-0.05, 0) is 42.0 Å². The second-order valence-electron chi connectivity index (χ2n) is 5.31. The summed E-state index contributed by atoms with van der Waals surface area (Å²) in [6, 6.07) is 6.99. The first-order valence-electron chi connectivity index (χ1n) is 7.30. The van der Waals surface area contributed by atoms with E-state index < -0.39 is 0 Å². The first-order valence-corrected chi connectivity index (χ1v) is 7.30. The van der Waals surface area contributed by atoms with E-state index in [1.54, 1.807) is 21.3 Å². The lowest BCUT2D eigenvalue weighted by Crippen LogP contribution is -1.99. The fourth-order valence-corrected chi connectivity index (χ4v) is 3.17. The molecule has 1 aliphatic carbocycles. The summed E-state index contributed by atoms with van der Waals surface area (Å²) < 4.78 is 30.3. The predicted molar refractivity (Wildman–Crippen MR) is 83.5 cm³/mol. The van der Waals surface area contributed by atoms with Crippen LogP contribution in [-0.2, 0) is 12.8 Å². The highest BCUT2D eigenvalue weighted by molar-refractivity contribution is 5.81. The van der Waals surface area contributed by atoms with Crippen LogP contribution >= 0.6 is 0 Å². The van der Waals surface area contributed by atoms with Gasteiger partial charge < -0.3 is 14.2 Å². The van der Waals surface area contributed by atoms with Gasteiger partial charge in [-0.2, -0.15) is 0 Å². The average Bonchev–Trinajstić information content (AvgIpc) is 3.05. The molecular formula is C18H19FO3. The zero-order valence-electron chi connectivity index (χ0n) is 13.0. The van der Waals surface area contributed by atoms with E-state index in [2.05, 4.69) is 0 Å². The molecule has 0 bridgehead atoms. The number of halogens is 1. The van der Waals surface area contributed by atoms with Gasteiger partial charge >= 0.3 is 0 Å². The molecule has 0 heterocycles. The van der Waals surface area contributed by atoms with Crippen molar-refractivity contribution in [2.45, 2.75) is 19.3 Å². The van der Waals surface area contributed by atoms with Gasteiger partial charge in [0, 0.05) is 12.1 Å². The highest BCUT2D eigenvalue weighted by Gasteiger charge is 2.24. The molecule has 0 amide bonds. The zero-order chi connectivity index (χ0) is 15.7. The normalized spacial score (nSPS) is 12.9. The molecule has 0 aromatic heterocycles. The number of methoxy groups -OCH3 is 3. The number of hydrogen-bond acceptors (Lipinski definition) is 3. The standard InChI is InChI=1S/C18H19FO3/c1-20-11-9-16(21-2)18(17(10-11)22-3)14-7-8-15(19)13-6-4-5-12(13)14/h7-10H,4-6H2,1-3H3. The highest BCUT2D eigenvalue weighted by Crippen LogP contribution is 2.45. The summed E-state index contributed by atoms with van der Waals surface area (Å²) in [5, 5.41) is 0. The van der Waals surface area contributed by atoms with Crippen molar-refractivity contribution >= 4 is 0 Å². The van der Waals surface area contributed by atoms with E-state index in [1.165, 1.54) is 6.07 Å². The zero-order valence-corrected chi connectivity index (χ0v) is 13.0. The molecule has 0 spiro atoms. The highest BCUT2D eigenvalue weighted by atomic mass is 19.1. The van der Waals surface area contributed by atoms with E-state index in [4.69, 9.17) is 14.2 Å². The Morgan fingerprint density at radius 2 is 1.50 bits per heavy atom. The molecule has 2 aromatic carbocycles. The molecule has 0 atom stereocenters. The van der Waals surface area contributed by atoms with Gasteiger partial charge in [0.25, 0.3) is 0 Å². The topological polar surface area (TPSA) is 27.7 Å². The van der Waals surface area contributed by atoms with Crippen LogP contribution in [0.4, 0.5) is 4.39 Å². The van der Waals surface area contributed by atoms with E-state index in [-0.39, 0.29) is 5.82 Å².